The highest BCUT2D eigenvalue weighted by atomic mass is 35.5. The first-order valence-electron chi connectivity index (χ1n) is 7.60. The number of hydrogen-bond acceptors (Lipinski definition) is 4. The van der Waals surface area contributed by atoms with E-state index < -0.39 is 27.8 Å². The van der Waals surface area contributed by atoms with Gasteiger partial charge in [0, 0.05) is 23.7 Å². The zero-order valence-corrected chi connectivity index (χ0v) is 15.7. The Balaban J connectivity index is 2.18. The van der Waals surface area contributed by atoms with Gasteiger partial charge < -0.3 is 10.1 Å². The molecule has 0 aliphatic heterocycles. The van der Waals surface area contributed by atoms with Gasteiger partial charge in [-0.3, -0.25) is 4.79 Å². The van der Waals surface area contributed by atoms with E-state index in [0.29, 0.717) is 5.02 Å². The molecule has 140 valence electrons. The molecule has 1 amide bonds. The Bertz CT molecular complexity index is 905. The number of sulfonamides is 1. The molecule has 0 aromatic heterocycles. The van der Waals surface area contributed by atoms with Crippen molar-refractivity contribution in [3.8, 4) is 0 Å². The molecule has 0 spiro atoms. The number of methoxy groups -OCH3 is 1. The number of hydrogen-bond donors (Lipinski definition) is 2. The van der Waals surface area contributed by atoms with Crippen LogP contribution in [0.2, 0.25) is 5.02 Å². The van der Waals surface area contributed by atoms with Gasteiger partial charge in [0.05, 0.1) is 17.2 Å². The van der Waals surface area contributed by atoms with Crippen LogP contribution >= 0.6 is 11.6 Å². The second kappa shape index (κ2) is 8.59. The lowest BCUT2D eigenvalue weighted by molar-refractivity contribution is 0.102. The predicted molar refractivity (Wildman–Crippen MR) is 97.5 cm³/mol. The van der Waals surface area contributed by atoms with Crippen LogP contribution in [0.5, 0.6) is 0 Å². The summed E-state index contributed by atoms with van der Waals surface area (Å²) in [6.45, 7) is 1.80. The normalized spacial score (nSPS) is 12.6. The molecule has 0 radical (unpaired) electrons. The lowest BCUT2D eigenvalue weighted by atomic mass is 10.2. The van der Waals surface area contributed by atoms with Crippen molar-refractivity contribution in [2.24, 2.45) is 0 Å². The van der Waals surface area contributed by atoms with Gasteiger partial charge in [-0.25, -0.2) is 17.5 Å². The van der Waals surface area contributed by atoms with Crippen molar-refractivity contribution >= 4 is 33.2 Å². The van der Waals surface area contributed by atoms with Gasteiger partial charge in [-0.15, -0.1) is 0 Å². The van der Waals surface area contributed by atoms with Gasteiger partial charge in [0.1, 0.15) is 5.82 Å². The smallest absolute Gasteiger partial charge is 0.255 e. The highest BCUT2D eigenvalue weighted by Gasteiger charge is 2.19. The van der Waals surface area contributed by atoms with Crippen LogP contribution in [-0.4, -0.2) is 34.1 Å². The minimum Gasteiger partial charge on any atom is -0.383 e. The number of carbonyl (C=O) groups is 1. The van der Waals surface area contributed by atoms with Gasteiger partial charge in [-0.2, -0.15) is 0 Å². The van der Waals surface area contributed by atoms with Crippen LogP contribution in [0, 0.1) is 5.82 Å². The first kappa shape index (κ1) is 20.3. The molecule has 1 atom stereocenters. The van der Waals surface area contributed by atoms with Crippen LogP contribution in [-0.2, 0) is 14.8 Å². The molecule has 0 saturated carbocycles. The second-order valence-electron chi connectivity index (χ2n) is 5.58. The average Bonchev–Trinajstić information content (AvgIpc) is 2.56. The average molecular weight is 401 g/mol. The van der Waals surface area contributed by atoms with Gasteiger partial charge >= 0.3 is 0 Å². The predicted octanol–water partition coefficient (Wildman–Crippen LogP) is 3.04. The summed E-state index contributed by atoms with van der Waals surface area (Å²) in [5.74, 6) is -1.43. The summed E-state index contributed by atoms with van der Waals surface area (Å²) < 4.78 is 46.0. The summed E-state index contributed by atoms with van der Waals surface area (Å²) in [5.41, 5.74) is 0.113. The number of amides is 1. The Hall–Kier alpha value is -2.00. The molecule has 0 saturated heterocycles. The van der Waals surface area contributed by atoms with Crippen molar-refractivity contribution in [3.05, 3.63) is 58.9 Å². The third-order valence-corrected chi connectivity index (χ3v) is 5.18. The number of ether oxygens (including phenoxy) is 1. The van der Waals surface area contributed by atoms with Crippen LogP contribution in [0.3, 0.4) is 0 Å². The van der Waals surface area contributed by atoms with E-state index in [1.807, 2.05) is 0 Å². The minimum absolute atomic E-state index is 0.140. The molecule has 9 heteroatoms. The summed E-state index contributed by atoms with van der Waals surface area (Å²) in [4.78, 5) is 11.9. The summed E-state index contributed by atoms with van der Waals surface area (Å²) in [6, 6.07) is 8.93. The van der Waals surface area contributed by atoms with E-state index in [1.54, 1.807) is 19.1 Å². The maximum Gasteiger partial charge on any atom is 0.255 e. The van der Waals surface area contributed by atoms with Crippen LogP contribution < -0.4 is 10.0 Å². The van der Waals surface area contributed by atoms with E-state index in [-0.39, 0.29) is 22.8 Å². The molecule has 2 rings (SSSR count). The van der Waals surface area contributed by atoms with E-state index in [1.165, 1.54) is 31.4 Å². The Morgan fingerprint density at radius 1 is 1.27 bits per heavy atom. The first-order chi connectivity index (χ1) is 12.2. The fraction of sp³-hybridized carbons (Fsp3) is 0.235. The molecule has 2 aromatic rings. The number of halogens is 2. The fourth-order valence-corrected chi connectivity index (χ4v) is 3.64. The summed E-state index contributed by atoms with van der Waals surface area (Å²) in [7, 11) is -2.46. The van der Waals surface area contributed by atoms with E-state index in [2.05, 4.69) is 10.0 Å². The van der Waals surface area contributed by atoms with Crippen LogP contribution in [0.25, 0.3) is 0 Å². The molecule has 0 aliphatic rings. The summed E-state index contributed by atoms with van der Waals surface area (Å²) >= 11 is 5.82. The van der Waals surface area contributed by atoms with Crippen molar-refractivity contribution < 1.29 is 22.3 Å². The molecule has 6 nitrogen and oxygen atoms in total. The summed E-state index contributed by atoms with van der Waals surface area (Å²) in [5, 5.41) is 2.76. The third-order valence-electron chi connectivity index (χ3n) is 3.36. The quantitative estimate of drug-likeness (QED) is 0.748. The summed E-state index contributed by atoms with van der Waals surface area (Å²) in [6.07, 6.45) is 0. The molecule has 2 N–H and O–H groups in total. The molecule has 0 fully saturated rings. The van der Waals surface area contributed by atoms with Gasteiger partial charge in [0.25, 0.3) is 5.91 Å². The van der Waals surface area contributed by atoms with Crippen molar-refractivity contribution in [1.29, 1.82) is 0 Å². The number of anilines is 1. The van der Waals surface area contributed by atoms with E-state index >= 15 is 0 Å². The van der Waals surface area contributed by atoms with E-state index in [0.717, 1.165) is 6.07 Å². The molecular weight excluding hydrogens is 383 g/mol. The Morgan fingerprint density at radius 3 is 2.62 bits per heavy atom. The Kier molecular flexibility index (Phi) is 6.71. The Morgan fingerprint density at radius 2 is 2.00 bits per heavy atom. The zero-order valence-electron chi connectivity index (χ0n) is 14.1. The SMILES string of the molecule is COC[C@H](C)NS(=O)(=O)c1ccc(NC(=O)c2cccc(Cl)c2)c(F)c1. The molecule has 0 aliphatic carbocycles. The largest absolute Gasteiger partial charge is 0.383 e. The van der Waals surface area contributed by atoms with Gasteiger partial charge in [-0.05, 0) is 43.3 Å². The molecule has 0 bridgehead atoms. The molecule has 26 heavy (non-hydrogen) atoms. The maximum atomic E-state index is 14.3. The van der Waals surface area contributed by atoms with Gasteiger partial charge in [-0.1, -0.05) is 17.7 Å². The van der Waals surface area contributed by atoms with E-state index in [4.69, 9.17) is 16.3 Å². The van der Waals surface area contributed by atoms with Crippen molar-refractivity contribution in [1.82, 2.24) is 4.72 Å². The second-order valence-corrected chi connectivity index (χ2v) is 7.73. The van der Waals surface area contributed by atoms with Crippen molar-refractivity contribution in [3.63, 3.8) is 0 Å². The number of carbonyl (C=O) groups excluding carboxylic acids is 1. The fourth-order valence-electron chi connectivity index (χ4n) is 2.21. The topological polar surface area (TPSA) is 84.5 Å². The third kappa shape index (κ3) is 5.25. The number of nitrogens with one attached hydrogen (secondary N) is 2. The van der Waals surface area contributed by atoms with Crippen LogP contribution in [0.1, 0.15) is 17.3 Å². The van der Waals surface area contributed by atoms with Crippen molar-refractivity contribution in [2.45, 2.75) is 17.9 Å². The molecule has 0 unspecified atom stereocenters. The Labute approximate surface area is 156 Å². The maximum absolute atomic E-state index is 14.3. The zero-order chi connectivity index (χ0) is 19.3. The lowest BCUT2D eigenvalue weighted by Gasteiger charge is -2.14. The number of rotatable bonds is 7. The number of benzene rings is 2. The van der Waals surface area contributed by atoms with Crippen LogP contribution in [0.15, 0.2) is 47.4 Å². The monoisotopic (exact) mass is 400 g/mol. The van der Waals surface area contributed by atoms with Crippen LogP contribution in [0.4, 0.5) is 10.1 Å². The minimum atomic E-state index is -3.91. The molecule has 0 heterocycles. The van der Waals surface area contributed by atoms with E-state index in [9.17, 15) is 17.6 Å². The molecule has 2 aromatic carbocycles. The standard InChI is InChI=1S/C17H18ClFN2O4S/c1-11(10-25-2)21-26(23,24)14-6-7-16(15(19)9-14)20-17(22)12-4-3-5-13(18)8-12/h3-9,11,21H,10H2,1-2H3,(H,20,22)/t11-/m0/s1. The highest BCUT2D eigenvalue weighted by Crippen LogP contribution is 2.20. The lowest BCUT2D eigenvalue weighted by Crippen LogP contribution is -2.35. The highest BCUT2D eigenvalue weighted by molar-refractivity contribution is 7.89. The van der Waals surface area contributed by atoms with Gasteiger partial charge in [0.2, 0.25) is 10.0 Å². The first-order valence-corrected chi connectivity index (χ1v) is 9.47. The van der Waals surface area contributed by atoms with Gasteiger partial charge in [0.15, 0.2) is 0 Å². The molecular formula is C17H18ClFN2O4S. The van der Waals surface area contributed by atoms with Crippen molar-refractivity contribution in [2.75, 3.05) is 19.0 Å².